The fourth-order valence-corrected chi connectivity index (χ4v) is 3.79. The molecular formula is C20H17NO7S. The Kier molecular flexibility index (Phi) is 5.53. The van der Waals surface area contributed by atoms with Crippen LogP contribution in [0.15, 0.2) is 77.0 Å². The summed E-state index contributed by atoms with van der Waals surface area (Å²) in [5.74, 6) is -1.60. The van der Waals surface area contributed by atoms with Crippen molar-refractivity contribution in [3.8, 4) is 0 Å². The van der Waals surface area contributed by atoms with Gasteiger partial charge in [-0.3, -0.25) is 4.55 Å². The van der Waals surface area contributed by atoms with Crippen LogP contribution in [0.25, 0.3) is 10.8 Å². The number of hydrogen-bond donors (Lipinski definition) is 1. The minimum atomic E-state index is -4.57. The summed E-state index contributed by atoms with van der Waals surface area (Å²) in [6, 6.07) is 9.29. The number of benzene rings is 2. The first-order valence-electron chi connectivity index (χ1n) is 8.34. The molecule has 0 unspecified atom stereocenters. The van der Waals surface area contributed by atoms with Crippen LogP contribution in [-0.4, -0.2) is 39.1 Å². The monoisotopic (exact) mass is 415 g/mol. The van der Waals surface area contributed by atoms with Crippen molar-refractivity contribution < 1.29 is 32.0 Å². The van der Waals surface area contributed by atoms with E-state index in [2.05, 4.69) is 0 Å². The number of nitrogens with zero attached hydrogens (tertiary/aromatic N) is 1. The van der Waals surface area contributed by atoms with Crippen molar-refractivity contribution in [2.24, 2.45) is 0 Å². The van der Waals surface area contributed by atoms with Gasteiger partial charge in [0.2, 0.25) is 0 Å². The number of carbonyl (C=O) groups is 2. The van der Waals surface area contributed by atoms with Crippen LogP contribution < -0.4 is 4.90 Å². The molecule has 0 saturated carbocycles. The lowest BCUT2D eigenvalue weighted by molar-refractivity contribution is -0.139. The van der Waals surface area contributed by atoms with Gasteiger partial charge in [-0.2, -0.15) is 8.42 Å². The maximum absolute atomic E-state index is 12.6. The summed E-state index contributed by atoms with van der Waals surface area (Å²) in [7, 11) is -2.23. The Morgan fingerprint density at radius 3 is 2.24 bits per heavy atom. The van der Waals surface area contributed by atoms with Gasteiger partial charge in [0.1, 0.15) is 10.6 Å². The van der Waals surface area contributed by atoms with Crippen molar-refractivity contribution in [3.63, 3.8) is 0 Å². The summed E-state index contributed by atoms with van der Waals surface area (Å²) in [6.07, 6.45) is 5.97. The van der Waals surface area contributed by atoms with E-state index in [-0.39, 0.29) is 27.2 Å². The van der Waals surface area contributed by atoms with Crippen LogP contribution >= 0.6 is 0 Å². The molecular weight excluding hydrogens is 398 g/mol. The van der Waals surface area contributed by atoms with E-state index in [0.29, 0.717) is 5.39 Å². The lowest BCUT2D eigenvalue weighted by Gasteiger charge is -2.25. The Morgan fingerprint density at radius 2 is 1.62 bits per heavy atom. The molecule has 0 spiro atoms. The number of ether oxygens (including phenoxy) is 2. The predicted molar refractivity (Wildman–Crippen MR) is 106 cm³/mol. The van der Waals surface area contributed by atoms with Gasteiger partial charge in [-0.1, -0.05) is 30.3 Å². The highest BCUT2D eigenvalue weighted by molar-refractivity contribution is 7.86. The minimum Gasteiger partial charge on any atom is -0.465 e. The molecule has 2 aromatic rings. The molecule has 2 aromatic carbocycles. The third-order valence-corrected chi connectivity index (χ3v) is 5.17. The second-order valence-corrected chi connectivity index (χ2v) is 7.31. The number of fused-ring (bicyclic) bond motifs is 1. The van der Waals surface area contributed by atoms with E-state index in [1.165, 1.54) is 42.5 Å². The van der Waals surface area contributed by atoms with E-state index in [0.717, 1.165) is 7.11 Å². The first-order valence-corrected chi connectivity index (χ1v) is 9.78. The van der Waals surface area contributed by atoms with Gasteiger partial charge in [0.25, 0.3) is 10.1 Å². The Bertz CT molecular complexity index is 1190. The van der Waals surface area contributed by atoms with Gasteiger partial charge >= 0.3 is 11.9 Å². The number of hydrogen-bond acceptors (Lipinski definition) is 7. The van der Waals surface area contributed by atoms with Crippen LogP contribution in [0.4, 0.5) is 5.69 Å². The second kappa shape index (κ2) is 7.90. The number of carbonyl (C=O) groups excluding carboxylic acids is 2. The number of methoxy groups -OCH3 is 2. The van der Waals surface area contributed by atoms with E-state index in [1.54, 1.807) is 30.3 Å². The molecule has 0 amide bonds. The Balaban J connectivity index is 2.41. The summed E-state index contributed by atoms with van der Waals surface area (Å²) >= 11 is 0. The molecule has 8 nitrogen and oxygen atoms in total. The fraction of sp³-hybridized carbons (Fsp3) is 0.100. The van der Waals surface area contributed by atoms with E-state index in [4.69, 9.17) is 9.47 Å². The molecule has 0 saturated heterocycles. The first-order chi connectivity index (χ1) is 13.8. The molecule has 1 aliphatic rings. The van der Waals surface area contributed by atoms with Gasteiger partial charge in [0.15, 0.2) is 0 Å². The summed E-state index contributed by atoms with van der Waals surface area (Å²) in [5.41, 5.74) is 0.00478. The molecule has 0 bridgehead atoms. The summed E-state index contributed by atoms with van der Waals surface area (Å²) < 4.78 is 43.3. The van der Waals surface area contributed by atoms with Crippen LogP contribution in [0, 0.1) is 0 Å². The lowest BCUT2D eigenvalue weighted by atomic mass is 10.1. The number of allylic oxidation sites excluding steroid dienone is 2. The van der Waals surface area contributed by atoms with Crippen LogP contribution in [0.2, 0.25) is 0 Å². The number of anilines is 1. The fourth-order valence-electron chi connectivity index (χ4n) is 3.05. The standard InChI is InChI=1S/C20H17NO7S/c1-27-19(22)14-9-3-4-12-21(18(14)20(23)28-2)15-10-5-7-13-8-6-11-16(17(13)15)29(24,25)26/h3-12H,1-2H3,(H,24,25,26). The second-order valence-electron chi connectivity index (χ2n) is 5.92. The van der Waals surface area contributed by atoms with Crippen LogP contribution in [0.5, 0.6) is 0 Å². The van der Waals surface area contributed by atoms with Crippen molar-refractivity contribution in [1.82, 2.24) is 0 Å². The third kappa shape index (κ3) is 3.78. The van der Waals surface area contributed by atoms with Crippen molar-refractivity contribution in [2.45, 2.75) is 4.90 Å². The first kappa shape index (κ1) is 20.3. The van der Waals surface area contributed by atoms with Gasteiger partial charge in [0, 0.05) is 11.6 Å². The Hall–Kier alpha value is -3.43. The summed E-state index contributed by atoms with van der Waals surface area (Å²) in [4.78, 5) is 25.9. The van der Waals surface area contributed by atoms with Gasteiger partial charge in [0.05, 0.1) is 25.5 Å². The molecule has 1 heterocycles. The molecule has 1 aliphatic heterocycles. The minimum absolute atomic E-state index is 0.0781. The van der Waals surface area contributed by atoms with E-state index >= 15 is 0 Å². The molecule has 0 aliphatic carbocycles. The molecule has 1 N–H and O–H groups in total. The third-order valence-electron chi connectivity index (χ3n) is 4.27. The number of rotatable bonds is 4. The Labute approximate surface area is 167 Å². The predicted octanol–water partition coefficient (Wildman–Crippen LogP) is 2.58. The summed E-state index contributed by atoms with van der Waals surface area (Å²) in [5, 5.41) is 0.682. The SMILES string of the molecule is COC(=O)C1=C(C(=O)OC)N(c2cccc3cccc(S(=O)(=O)O)c23)C=CC=C1. The normalized spacial score (nSPS) is 14.1. The molecule has 29 heavy (non-hydrogen) atoms. The maximum Gasteiger partial charge on any atom is 0.355 e. The van der Waals surface area contributed by atoms with Gasteiger partial charge in [-0.15, -0.1) is 0 Å². The largest absolute Gasteiger partial charge is 0.465 e. The molecule has 0 radical (unpaired) electrons. The zero-order valence-electron chi connectivity index (χ0n) is 15.5. The highest BCUT2D eigenvalue weighted by Crippen LogP contribution is 2.36. The van der Waals surface area contributed by atoms with Crippen LogP contribution in [0.3, 0.4) is 0 Å². The average molecular weight is 415 g/mol. The van der Waals surface area contributed by atoms with E-state index in [9.17, 15) is 22.6 Å². The van der Waals surface area contributed by atoms with Gasteiger partial charge < -0.3 is 14.4 Å². The molecule has 0 aromatic heterocycles. The van der Waals surface area contributed by atoms with Crippen molar-refractivity contribution in [1.29, 1.82) is 0 Å². The number of esters is 2. The van der Waals surface area contributed by atoms with Gasteiger partial charge in [-0.05, 0) is 29.7 Å². The lowest BCUT2D eigenvalue weighted by Crippen LogP contribution is -2.27. The zero-order chi connectivity index (χ0) is 21.2. The smallest absolute Gasteiger partial charge is 0.355 e. The van der Waals surface area contributed by atoms with Gasteiger partial charge in [-0.25, -0.2) is 9.59 Å². The van der Waals surface area contributed by atoms with Crippen LogP contribution in [-0.2, 0) is 29.2 Å². The Morgan fingerprint density at radius 1 is 0.966 bits per heavy atom. The average Bonchev–Trinajstić information content (AvgIpc) is 2.93. The molecule has 0 atom stereocenters. The topological polar surface area (TPSA) is 110 Å². The molecule has 9 heteroatoms. The maximum atomic E-state index is 12.6. The van der Waals surface area contributed by atoms with Crippen molar-refractivity contribution in [2.75, 3.05) is 19.1 Å². The van der Waals surface area contributed by atoms with E-state index < -0.39 is 22.1 Å². The highest BCUT2D eigenvalue weighted by Gasteiger charge is 2.29. The molecule has 150 valence electrons. The zero-order valence-corrected chi connectivity index (χ0v) is 16.3. The molecule has 0 fully saturated rings. The quantitative estimate of drug-likeness (QED) is 0.599. The van der Waals surface area contributed by atoms with Crippen molar-refractivity contribution >= 4 is 38.5 Å². The highest BCUT2D eigenvalue weighted by atomic mass is 32.2. The van der Waals surface area contributed by atoms with Crippen molar-refractivity contribution in [3.05, 3.63) is 72.1 Å². The summed E-state index contributed by atoms with van der Waals surface area (Å²) in [6.45, 7) is 0. The molecule has 3 rings (SSSR count). The van der Waals surface area contributed by atoms with Crippen LogP contribution in [0.1, 0.15) is 0 Å². The van der Waals surface area contributed by atoms with E-state index in [1.807, 2.05) is 0 Å².